The van der Waals surface area contributed by atoms with Crippen molar-refractivity contribution in [2.24, 2.45) is 5.84 Å². The Balaban J connectivity index is 2.26. The van der Waals surface area contributed by atoms with Crippen molar-refractivity contribution < 1.29 is 0 Å². The summed E-state index contributed by atoms with van der Waals surface area (Å²) in [6, 6.07) is 20.0. The van der Waals surface area contributed by atoms with E-state index in [9.17, 15) is 0 Å². The molecule has 0 fully saturated rings. The standard InChI is InChI=1S/C15H13N3/c16-18-15-10-14(11-6-2-1-3-7-11)17-13-9-5-4-8-12(13)15/h1-10H,16H2,(H,17,18). The lowest BCUT2D eigenvalue weighted by Crippen LogP contribution is -2.07. The van der Waals surface area contributed by atoms with Gasteiger partial charge in [0, 0.05) is 10.9 Å². The number of para-hydroxylation sites is 1. The zero-order valence-electron chi connectivity index (χ0n) is 9.80. The van der Waals surface area contributed by atoms with Crippen molar-refractivity contribution in [1.82, 2.24) is 4.98 Å². The highest BCUT2D eigenvalue weighted by atomic mass is 15.2. The molecule has 0 saturated heterocycles. The third-order valence-corrected chi connectivity index (χ3v) is 2.94. The minimum atomic E-state index is 0.888. The molecule has 2 aromatic carbocycles. The average molecular weight is 235 g/mol. The summed E-state index contributed by atoms with van der Waals surface area (Å²) < 4.78 is 0. The lowest BCUT2D eigenvalue weighted by Gasteiger charge is -2.08. The predicted octanol–water partition coefficient (Wildman–Crippen LogP) is 3.19. The van der Waals surface area contributed by atoms with Gasteiger partial charge in [-0.3, -0.25) is 5.84 Å². The van der Waals surface area contributed by atoms with Crippen LogP contribution in [0.3, 0.4) is 0 Å². The minimum Gasteiger partial charge on any atom is -0.323 e. The molecule has 18 heavy (non-hydrogen) atoms. The van der Waals surface area contributed by atoms with E-state index in [0.29, 0.717) is 0 Å². The molecule has 3 N–H and O–H groups in total. The van der Waals surface area contributed by atoms with Gasteiger partial charge in [-0.15, -0.1) is 0 Å². The van der Waals surface area contributed by atoms with Gasteiger partial charge >= 0.3 is 0 Å². The Bertz CT molecular complexity index is 678. The monoisotopic (exact) mass is 235 g/mol. The van der Waals surface area contributed by atoms with Crippen molar-refractivity contribution in [3.05, 3.63) is 60.7 Å². The van der Waals surface area contributed by atoms with Crippen molar-refractivity contribution in [2.45, 2.75) is 0 Å². The number of pyridine rings is 1. The molecule has 0 unspecified atom stereocenters. The van der Waals surface area contributed by atoms with E-state index in [4.69, 9.17) is 5.84 Å². The maximum atomic E-state index is 5.59. The number of hydrazine groups is 1. The smallest absolute Gasteiger partial charge is 0.0730 e. The van der Waals surface area contributed by atoms with E-state index >= 15 is 0 Å². The molecule has 1 heterocycles. The molecule has 0 aliphatic carbocycles. The Morgan fingerprint density at radius 1 is 0.889 bits per heavy atom. The highest BCUT2D eigenvalue weighted by Gasteiger charge is 2.05. The number of nitrogens with two attached hydrogens (primary N) is 1. The van der Waals surface area contributed by atoms with E-state index in [1.165, 1.54) is 0 Å². The number of nitrogens with one attached hydrogen (secondary N) is 1. The first kappa shape index (κ1) is 10.7. The summed E-state index contributed by atoms with van der Waals surface area (Å²) in [6.45, 7) is 0. The number of anilines is 1. The Morgan fingerprint density at radius 3 is 2.39 bits per heavy atom. The van der Waals surface area contributed by atoms with Gasteiger partial charge in [-0.2, -0.15) is 0 Å². The highest BCUT2D eigenvalue weighted by molar-refractivity contribution is 5.93. The molecule has 3 aromatic rings. The van der Waals surface area contributed by atoms with E-state index in [1.54, 1.807) is 0 Å². The normalized spacial score (nSPS) is 10.5. The maximum absolute atomic E-state index is 5.59. The first-order valence-electron chi connectivity index (χ1n) is 5.80. The fourth-order valence-electron chi connectivity index (χ4n) is 2.05. The highest BCUT2D eigenvalue weighted by Crippen LogP contribution is 2.27. The fraction of sp³-hybridized carbons (Fsp3) is 0. The molecule has 0 atom stereocenters. The molecule has 0 aliphatic heterocycles. The van der Waals surface area contributed by atoms with Crippen LogP contribution in [0.4, 0.5) is 5.69 Å². The van der Waals surface area contributed by atoms with Gasteiger partial charge < -0.3 is 5.43 Å². The summed E-state index contributed by atoms with van der Waals surface area (Å²) in [5, 5.41) is 1.03. The number of rotatable bonds is 2. The Hall–Kier alpha value is -2.39. The summed E-state index contributed by atoms with van der Waals surface area (Å²) in [5.41, 5.74) is 6.57. The van der Waals surface area contributed by atoms with Crippen molar-refractivity contribution in [2.75, 3.05) is 5.43 Å². The van der Waals surface area contributed by atoms with Gasteiger partial charge in [0.2, 0.25) is 0 Å². The van der Waals surface area contributed by atoms with Crippen LogP contribution in [0.25, 0.3) is 22.2 Å². The maximum Gasteiger partial charge on any atom is 0.0730 e. The van der Waals surface area contributed by atoms with Crippen LogP contribution in [0.15, 0.2) is 60.7 Å². The summed E-state index contributed by atoms with van der Waals surface area (Å²) in [4.78, 5) is 4.66. The molecule has 3 heteroatoms. The van der Waals surface area contributed by atoms with Gasteiger partial charge in [0.1, 0.15) is 0 Å². The summed E-state index contributed by atoms with van der Waals surface area (Å²) >= 11 is 0. The van der Waals surface area contributed by atoms with Gasteiger partial charge in [-0.1, -0.05) is 48.5 Å². The van der Waals surface area contributed by atoms with Crippen LogP contribution in [-0.4, -0.2) is 4.98 Å². The third-order valence-electron chi connectivity index (χ3n) is 2.94. The second-order valence-electron chi connectivity index (χ2n) is 4.08. The zero-order chi connectivity index (χ0) is 12.4. The SMILES string of the molecule is NNc1cc(-c2ccccc2)nc2ccccc12. The first-order valence-corrected chi connectivity index (χ1v) is 5.80. The molecular weight excluding hydrogens is 222 g/mol. The lowest BCUT2D eigenvalue weighted by atomic mass is 10.1. The number of hydrogen-bond acceptors (Lipinski definition) is 3. The van der Waals surface area contributed by atoms with Crippen LogP contribution in [0.5, 0.6) is 0 Å². The summed E-state index contributed by atoms with van der Waals surface area (Å²) in [7, 11) is 0. The van der Waals surface area contributed by atoms with Gasteiger partial charge in [0.15, 0.2) is 0 Å². The Morgan fingerprint density at radius 2 is 1.61 bits per heavy atom. The minimum absolute atomic E-state index is 0.888. The van der Waals surface area contributed by atoms with E-state index in [2.05, 4.69) is 10.4 Å². The van der Waals surface area contributed by atoms with E-state index in [1.807, 2.05) is 60.7 Å². The quantitative estimate of drug-likeness (QED) is 0.530. The van der Waals surface area contributed by atoms with E-state index in [0.717, 1.165) is 27.8 Å². The van der Waals surface area contributed by atoms with Crippen LogP contribution in [-0.2, 0) is 0 Å². The second kappa shape index (κ2) is 4.47. The van der Waals surface area contributed by atoms with E-state index < -0.39 is 0 Å². The number of fused-ring (bicyclic) bond motifs is 1. The van der Waals surface area contributed by atoms with E-state index in [-0.39, 0.29) is 0 Å². The summed E-state index contributed by atoms with van der Waals surface area (Å²) in [5.74, 6) is 5.59. The van der Waals surface area contributed by atoms with Gasteiger partial charge in [0.25, 0.3) is 0 Å². The number of hydrogen-bond donors (Lipinski definition) is 2. The molecule has 88 valence electrons. The van der Waals surface area contributed by atoms with Gasteiger partial charge in [0.05, 0.1) is 16.9 Å². The van der Waals surface area contributed by atoms with Crippen LogP contribution in [0.1, 0.15) is 0 Å². The molecule has 0 aliphatic rings. The second-order valence-corrected chi connectivity index (χ2v) is 4.08. The summed E-state index contributed by atoms with van der Waals surface area (Å²) in [6.07, 6.45) is 0. The van der Waals surface area contributed by atoms with Gasteiger partial charge in [-0.05, 0) is 12.1 Å². The molecule has 3 rings (SSSR count). The van der Waals surface area contributed by atoms with Crippen molar-refractivity contribution in [3.63, 3.8) is 0 Å². The average Bonchev–Trinajstić information content (AvgIpc) is 2.47. The zero-order valence-corrected chi connectivity index (χ0v) is 9.80. The van der Waals surface area contributed by atoms with Crippen molar-refractivity contribution in [3.8, 4) is 11.3 Å². The largest absolute Gasteiger partial charge is 0.323 e. The number of nitrogen functional groups attached to an aromatic ring is 1. The molecule has 0 saturated carbocycles. The first-order chi connectivity index (χ1) is 8.88. The molecule has 0 spiro atoms. The number of nitrogens with zero attached hydrogens (tertiary/aromatic N) is 1. The fourth-order valence-corrected chi connectivity index (χ4v) is 2.05. The van der Waals surface area contributed by atoms with Crippen LogP contribution >= 0.6 is 0 Å². The van der Waals surface area contributed by atoms with Crippen molar-refractivity contribution >= 4 is 16.6 Å². The van der Waals surface area contributed by atoms with Crippen molar-refractivity contribution in [1.29, 1.82) is 0 Å². The molecule has 0 radical (unpaired) electrons. The van der Waals surface area contributed by atoms with Crippen LogP contribution < -0.4 is 11.3 Å². The predicted molar refractivity (Wildman–Crippen MR) is 75.0 cm³/mol. The lowest BCUT2D eigenvalue weighted by molar-refractivity contribution is 1.33. The van der Waals surface area contributed by atoms with Crippen LogP contribution in [0, 0.1) is 0 Å². The number of aromatic nitrogens is 1. The number of benzene rings is 2. The topological polar surface area (TPSA) is 50.9 Å². The molecule has 0 amide bonds. The van der Waals surface area contributed by atoms with Gasteiger partial charge in [-0.25, -0.2) is 4.98 Å². The molecule has 0 bridgehead atoms. The molecule has 1 aromatic heterocycles. The van der Waals surface area contributed by atoms with Crippen LogP contribution in [0.2, 0.25) is 0 Å². The molecule has 3 nitrogen and oxygen atoms in total. The molecular formula is C15H13N3. The Labute approximate surface area is 105 Å². The third kappa shape index (κ3) is 1.81. The Kier molecular flexibility index (Phi) is 2.67.